The fraction of sp³-hybridized carbons (Fsp3) is 0.467. The molecule has 6 heteroatoms. The number of carbonyl (C=O) groups is 2. The smallest absolute Gasteiger partial charge is 0.314 e. The van der Waals surface area contributed by atoms with Crippen molar-refractivity contribution in [1.29, 1.82) is 0 Å². The summed E-state index contributed by atoms with van der Waals surface area (Å²) in [4.78, 5) is 21.9. The maximum atomic E-state index is 11.6. The predicted molar refractivity (Wildman–Crippen MR) is 85.3 cm³/mol. The zero-order valence-electron chi connectivity index (χ0n) is 12.1. The normalized spacial score (nSPS) is 11.7. The Balaban J connectivity index is 2.17. The summed E-state index contributed by atoms with van der Waals surface area (Å²) in [6.45, 7) is 2.33. The topological polar surface area (TPSA) is 78.4 Å². The van der Waals surface area contributed by atoms with Gasteiger partial charge >= 0.3 is 12.0 Å². The molecule has 1 aromatic carbocycles. The van der Waals surface area contributed by atoms with Crippen LogP contribution in [0, 0.1) is 0 Å². The molecule has 5 nitrogen and oxygen atoms in total. The number of carboxylic acids is 1. The van der Waals surface area contributed by atoms with Gasteiger partial charge in [0.25, 0.3) is 0 Å². The number of aliphatic carboxylic acids is 1. The van der Waals surface area contributed by atoms with E-state index in [-0.39, 0.29) is 18.5 Å². The minimum Gasteiger partial charge on any atom is -0.481 e. The Morgan fingerprint density at radius 2 is 1.95 bits per heavy atom. The van der Waals surface area contributed by atoms with Gasteiger partial charge in [-0.15, -0.1) is 0 Å². The third-order valence-electron chi connectivity index (χ3n) is 3.01. The first-order valence-electron chi connectivity index (χ1n) is 6.98. The van der Waals surface area contributed by atoms with Crippen LogP contribution in [0.2, 0.25) is 0 Å². The minimum absolute atomic E-state index is 0.0631. The molecule has 0 aliphatic rings. The summed E-state index contributed by atoms with van der Waals surface area (Å²) in [5.41, 5.74) is 1.23. The molecule has 0 fully saturated rings. The van der Waals surface area contributed by atoms with E-state index in [4.69, 9.17) is 5.11 Å². The van der Waals surface area contributed by atoms with Crippen LogP contribution in [0.5, 0.6) is 0 Å². The first-order valence-corrected chi connectivity index (χ1v) is 7.77. The van der Waals surface area contributed by atoms with E-state index in [2.05, 4.69) is 38.7 Å². The van der Waals surface area contributed by atoms with Gasteiger partial charge in [-0.1, -0.05) is 28.1 Å². The number of hydrogen-bond acceptors (Lipinski definition) is 2. The van der Waals surface area contributed by atoms with Gasteiger partial charge in [-0.2, -0.15) is 0 Å². The van der Waals surface area contributed by atoms with Crippen LogP contribution in [0.4, 0.5) is 4.79 Å². The lowest BCUT2D eigenvalue weighted by Gasteiger charge is -2.14. The highest BCUT2D eigenvalue weighted by Crippen LogP contribution is 2.12. The van der Waals surface area contributed by atoms with E-state index in [1.54, 1.807) is 0 Å². The Morgan fingerprint density at radius 3 is 2.57 bits per heavy atom. The van der Waals surface area contributed by atoms with Crippen LogP contribution in [-0.2, 0) is 11.2 Å². The second-order valence-corrected chi connectivity index (χ2v) is 5.88. The number of benzene rings is 1. The summed E-state index contributed by atoms with van der Waals surface area (Å²) in [5, 5.41) is 14.0. The highest BCUT2D eigenvalue weighted by molar-refractivity contribution is 9.10. The van der Waals surface area contributed by atoms with Crippen molar-refractivity contribution in [3.8, 4) is 0 Å². The number of hydrogen-bond donors (Lipinski definition) is 3. The molecule has 0 radical (unpaired) electrons. The van der Waals surface area contributed by atoms with Crippen molar-refractivity contribution in [2.75, 3.05) is 6.54 Å². The number of carbonyl (C=O) groups excluding carboxylic acids is 1. The summed E-state index contributed by atoms with van der Waals surface area (Å²) in [7, 11) is 0. The van der Waals surface area contributed by atoms with Crippen LogP contribution in [0.25, 0.3) is 0 Å². The molecule has 0 saturated heterocycles. The number of halogens is 1. The predicted octanol–water partition coefficient (Wildman–Crippen LogP) is 2.93. The molecule has 1 atom stereocenters. The third-order valence-corrected chi connectivity index (χ3v) is 3.54. The number of aryl methyl sites for hydroxylation is 1. The highest BCUT2D eigenvalue weighted by atomic mass is 79.9. The summed E-state index contributed by atoms with van der Waals surface area (Å²) >= 11 is 3.40. The zero-order chi connectivity index (χ0) is 15.7. The van der Waals surface area contributed by atoms with Gasteiger partial charge in [-0.25, -0.2) is 4.79 Å². The third kappa shape index (κ3) is 8.34. The molecule has 2 amide bonds. The summed E-state index contributed by atoms with van der Waals surface area (Å²) in [5.74, 6) is -0.847. The average Bonchev–Trinajstić information content (AvgIpc) is 2.43. The van der Waals surface area contributed by atoms with Gasteiger partial charge in [0, 0.05) is 23.5 Å². The quantitative estimate of drug-likeness (QED) is 0.626. The highest BCUT2D eigenvalue weighted by Gasteiger charge is 2.07. The first kappa shape index (κ1) is 17.5. The lowest BCUT2D eigenvalue weighted by Crippen LogP contribution is -2.41. The Bertz CT molecular complexity index is 462. The second kappa shape index (κ2) is 9.39. The molecule has 0 heterocycles. The molecule has 21 heavy (non-hydrogen) atoms. The Kier molecular flexibility index (Phi) is 7.82. The van der Waals surface area contributed by atoms with Crippen LogP contribution >= 0.6 is 15.9 Å². The lowest BCUT2D eigenvalue weighted by atomic mass is 10.1. The lowest BCUT2D eigenvalue weighted by molar-refractivity contribution is -0.137. The standard InChI is InChI=1S/C15H21BrN2O3/c1-11(4-5-12-6-8-13(16)9-7-12)18-15(21)17-10-2-3-14(19)20/h6-9,11H,2-5,10H2,1H3,(H,19,20)(H2,17,18,21). The number of nitrogens with one attached hydrogen (secondary N) is 2. The van der Waals surface area contributed by atoms with Gasteiger partial charge in [-0.05, 0) is 43.9 Å². The van der Waals surface area contributed by atoms with Crippen molar-refractivity contribution in [1.82, 2.24) is 10.6 Å². The monoisotopic (exact) mass is 356 g/mol. The van der Waals surface area contributed by atoms with E-state index in [0.29, 0.717) is 13.0 Å². The van der Waals surface area contributed by atoms with Crippen LogP contribution in [0.3, 0.4) is 0 Å². The molecule has 1 rings (SSSR count). The van der Waals surface area contributed by atoms with Gasteiger partial charge < -0.3 is 15.7 Å². The Labute approximate surface area is 133 Å². The van der Waals surface area contributed by atoms with Gasteiger partial charge in [0.05, 0.1) is 0 Å². The van der Waals surface area contributed by atoms with E-state index in [1.165, 1.54) is 5.56 Å². The van der Waals surface area contributed by atoms with E-state index in [1.807, 2.05) is 19.1 Å². The van der Waals surface area contributed by atoms with Crippen molar-refractivity contribution in [3.05, 3.63) is 34.3 Å². The molecule has 1 unspecified atom stereocenters. The van der Waals surface area contributed by atoms with Gasteiger partial charge in [0.2, 0.25) is 0 Å². The van der Waals surface area contributed by atoms with Crippen LogP contribution in [0.15, 0.2) is 28.7 Å². The molecular weight excluding hydrogens is 336 g/mol. The molecule has 0 spiro atoms. The molecular formula is C15H21BrN2O3. The van der Waals surface area contributed by atoms with Crippen molar-refractivity contribution < 1.29 is 14.7 Å². The number of amides is 2. The molecule has 116 valence electrons. The summed E-state index contributed by atoms with van der Waals surface area (Å²) in [6.07, 6.45) is 2.26. The number of urea groups is 1. The van der Waals surface area contributed by atoms with Crippen molar-refractivity contribution in [2.24, 2.45) is 0 Å². The van der Waals surface area contributed by atoms with Crippen LogP contribution in [0.1, 0.15) is 31.7 Å². The summed E-state index contributed by atoms with van der Waals surface area (Å²) < 4.78 is 1.05. The zero-order valence-corrected chi connectivity index (χ0v) is 13.6. The van der Waals surface area contributed by atoms with Gasteiger partial charge in [-0.3, -0.25) is 4.79 Å². The fourth-order valence-electron chi connectivity index (χ4n) is 1.82. The molecule has 0 aliphatic carbocycles. The Morgan fingerprint density at radius 1 is 1.29 bits per heavy atom. The van der Waals surface area contributed by atoms with Gasteiger partial charge in [0.1, 0.15) is 0 Å². The molecule has 0 aliphatic heterocycles. The molecule has 0 aromatic heterocycles. The van der Waals surface area contributed by atoms with E-state index < -0.39 is 5.97 Å². The fourth-order valence-corrected chi connectivity index (χ4v) is 2.09. The second-order valence-electron chi connectivity index (χ2n) is 4.96. The Hall–Kier alpha value is -1.56. The summed E-state index contributed by atoms with van der Waals surface area (Å²) in [6, 6.07) is 7.94. The van der Waals surface area contributed by atoms with E-state index in [9.17, 15) is 9.59 Å². The SMILES string of the molecule is CC(CCc1ccc(Br)cc1)NC(=O)NCCCC(=O)O. The first-order chi connectivity index (χ1) is 9.97. The molecule has 1 aromatic rings. The maximum Gasteiger partial charge on any atom is 0.314 e. The molecule has 0 bridgehead atoms. The van der Waals surface area contributed by atoms with Crippen molar-refractivity contribution in [2.45, 2.75) is 38.6 Å². The van der Waals surface area contributed by atoms with E-state index >= 15 is 0 Å². The largest absolute Gasteiger partial charge is 0.481 e. The van der Waals surface area contributed by atoms with Crippen molar-refractivity contribution in [3.63, 3.8) is 0 Å². The average molecular weight is 357 g/mol. The number of rotatable bonds is 8. The molecule has 0 saturated carbocycles. The maximum absolute atomic E-state index is 11.6. The van der Waals surface area contributed by atoms with Gasteiger partial charge in [0.15, 0.2) is 0 Å². The van der Waals surface area contributed by atoms with E-state index in [0.717, 1.165) is 17.3 Å². The molecule has 3 N–H and O–H groups in total. The van der Waals surface area contributed by atoms with Crippen LogP contribution in [-0.4, -0.2) is 29.7 Å². The minimum atomic E-state index is -0.847. The van der Waals surface area contributed by atoms with Crippen molar-refractivity contribution >= 4 is 27.9 Å². The van der Waals surface area contributed by atoms with Crippen LogP contribution < -0.4 is 10.6 Å². The number of carboxylic acid groups (broad SMARTS) is 1.